The molecule has 0 saturated heterocycles. The van der Waals surface area contributed by atoms with Crippen LogP contribution >= 0.6 is 0 Å². The first kappa shape index (κ1) is 22.9. The van der Waals surface area contributed by atoms with Crippen LogP contribution in [0, 0.1) is 5.82 Å². The van der Waals surface area contributed by atoms with Gasteiger partial charge in [-0.05, 0) is 42.5 Å². The summed E-state index contributed by atoms with van der Waals surface area (Å²) in [6, 6.07) is 13.4. The highest BCUT2D eigenvalue weighted by Gasteiger charge is 2.23. The molecule has 0 atom stereocenters. The van der Waals surface area contributed by atoms with Crippen molar-refractivity contribution in [1.29, 1.82) is 0 Å². The average molecular weight is 518 g/mol. The largest absolute Gasteiger partial charge is 0.354 e. The predicted molar refractivity (Wildman–Crippen MR) is 140 cm³/mol. The summed E-state index contributed by atoms with van der Waals surface area (Å²) in [5.41, 5.74) is 4.35. The van der Waals surface area contributed by atoms with Gasteiger partial charge in [0.05, 0.1) is 39.7 Å². The number of amides is 1. The summed E-state index contributed by atoms with van der Waals surface area (Å²) in [4.78, 5) is 21.7. The first-order valence-corrected chi connectivity index (χ1v) is 13.1. The van der Waals surface area contributed by atoms with Crippen molar-refractivity contribution in [2.24, 2.45) is 0 Å². The van der Waals surface area contributed by atoms with Gasteiger partial charge in [0, 0.05) is 30.4 Å². The molecule has 4 heterocycles. The fourth-order valence-corrected chi connectivity index (χ4v) is 5.03. The van der Waals surface area contributed by atoms with Gasteiger partial charge in [-0.25, -0.2) is 22.8 Å². The second-order valence-electron chi connectivity index (χ2n) is 8.68. The molecule has 12 heteroatoms. The van der Waals surface area contributed by atoms with Crippen LogP contribution in [0.5, 0.6) is 0 Å². The fourth-order valence-electron chi connectivity index (χ4n) is 4.52. The molecular weight excluding hydrogens is 497 g/mol. The van der Waals surface area contributed by atoms with Crippen LogP contribution in [0.25, 0.3) is 49.6 Å². The second kappa shape index (κ2) is 7.96. The molecule has 2 N–H and O–H groups in total. The maximum atomic E-state index is 14.5. The molecule has 0 fully saturated rings. The van der Waals surface area contributed by atoms with Crippen LogP contribution in [0.3, 0.4) is 0 Å². The van der Waals surface area contributed by atoms with Gasteiger partial charge in [0.15, 0.2) is 5.69 Å². The third kappa shape index (κ3) is 3.48. The Hall–Kier alpha value is -4.58. The van der Waals surface area contributed by atoms with E-state index in [1.807, 2.05) is 0 Å². The van der Waals surface area contributed by atoms with Gasteiger partial charge < -0.3 is 5.32 Å². The van der Waals surface area contributed by atoms with Crippen molar-refractivity contribution in [3.05, 3.63) is 66.4 Å². The van der Waals surface area contributed by atoms with Crippen molar-refractivity contribution in [3.8, 4) is 11.3 Å². The third-order valence-corrected chi connectivity index (χ3v) is 7.68. The number of nitrogens with zero attached hydrogens (tertiary/aromatic N) is 5. The Morgan fingerprint density at radius 1 is 1.11 bits per heavy atom. The number of carbonyl (C=O) groups excluding carboxylic acids is 1. The monoisotopic (exact) mass is 517 g/mol. The Bertz CT molecular complexity index is 2010. The molecule has 2 aromatic carbocycles. The number of anilines is 1. The standard InChI is InChI=1S/C25H20FN7O3S/c1-27-25(34)23-15-9-14(21(11-19(15)30-31-23)32(2)37(3,35)36)17-7-8-18-24(29-17)22-10-13-16(26)5-4-6-20(13)33(22)12-28-18/h4-12H,1-3H3,(H,27,34)(H,30,31). The third-order valence-electron chi connectivity index (χ3n) is 6.49. The lowest BCUT2D eigenvalue weighted by Crippen LogP contribution is -2.25. The van der Waals surface area contributed by atoms with Crippen molar-refractivity contribution < 1.29 is 17.6 Å². The summed E-state index contributed by atoms with van der Waals surface area (Å²) in [6.45, 7) is 0. The first-order valence-electron chi connectivity index (χ1n) is 11.2. The highest BCUT2D eigenvalue weighted by molar-refractivity contribution is 7.92. The van der Waals surface area contributed by atoms with Crippen molar-refractivity contribution in [2.75, 3.05) is 24.7 Å². The Morgan fingerprint density at radius 3 is 2.68 bits per heavy atom. The SMILES string of the molecule is CNC(=O)c1n[nH]c2cc(N(C)S(C)(=O)=O)c(-c3ccc4ncn5c6cccc(F)c6cc5c4n3)cc12. The van der Waals surface area contributed by atoms with E-state index in [1.165, 1.54) is 20.2 Å². The van der Waals surface area contributed by atoms with Crippen LogP contribution in [-0.4, -0.2) is 59.2 Å². The minimum Gasteiger partial charge on any atom is -0.354 e. The molecule has 4 aromatic heterocycles. The smallest absolute Gasteiger partial charge is 0.272 e. The number of H-pyrrole nitrogens is 1. The highest BCUT2D eigenvalue weighted by atomic mass is 32.2. The molecule has 0 radical (unpaired) electrons. The van der Waals surface area contributed by atoms with Crippen molar-refractivity contribution in [3.63, 3.8) is 0 Å². The molecule has 1 amide bonds. The summed E-state index contributed by atoms with van der Waals surface area (Å²) >= 11 is 0. The number of aromatic amines is 1. The number of carbonyl (C=O) groups is 1. The van der Waals surface area contributed by atoms with E-state index in [9.17, 15) is 17.6 Å². The number of pyridine rings is 1. The van der Waals surface area contributed by atoms with Gasteiger partial charge in [-0.1, -0.05) is 6.07 Å². The number of benzene rings is 2. The van der Waals surface area contributed by atoms with Gasteiger partial charge in [0.2, 0.25) is 10.0 Å². The van der Waals surface area contributed by atoms with Crippen LogP contribution in [0.15, 0.2) is 54.9 Å². The number of sulfonamides is 1. The van der Waals surface area contributed by atoms with Gasteiger partial charge >= 0.3 is 0 Å². The van der Waals surface area contributed by atoms with E-state index in [0.29, 0.717) is 55.3 Å². The van der Waals surface area contributed by atoms with E-state index in [2.05, 4.69) is 20.5 Å². The van der Waals surface area contributed by atoms with Crippen LogP contribution in [0.1, 0.15) is 10.5 Å². The molecule has 0 spiro atoms. The molecule has 0 aliphatic rings. The van der Waals surface area contributed by atoms with Gasteiger partial charge in [-0.2, -0.15) is 5.10 Å². The fraction of sp³-hybridized carbons (Fsp3) is 0.120. The average Bonchev–Trinajstić information content (AvgIpc) is 3.48. The topological polar surface area (TPSA) is 125 Å². The second-order valence-corrected chi connectivity index (χ2v) is 10.7. The molecule has 0 unspecified atom stereocenters. The first-order chi connectivity index (χ1) is 17.7. The molecule has 10 nitrogen and oxygen atoms in total. The Balaban J connectivity index is 1.67. The number of rotatable bonds is 4. The number of fused-ring (bicyclic) bond motifs is 6. The summed E-state index contributed by atoms with van der Waals surface area (Å²) < 4.78 is 42.4. The summed E-state index contributed by atoms with van der Waals surface area (Å²) in [6.07, 6.45) is 2.72. The summed E-state index contributed by atoms with van der Waals surface area (Å²) in [5, 5.41) is 10.4. The Morgan fingerprint density at radius 2 is 1.92 bits per heavy atom. The number of halogens is 1. The molecular formula is C25H20FN7O3S. The van der Waals surface area contributed by atoms with Crippen LogP contribution in [0.2, 0.25) is 0 Å². The van der Waals surface area contributed by atoms with E-state index >= 15 is 0 Å². The van der Waals surface area contributed by atoms with E-state index in [4.69, 9.17) is 4.98 Å². The van der Waals surface area contributed by atoms with Gasteiger partial charge in [0.1, 0.15) is 17.7 Å². The van der Waals surface area contributed by atoms with E-state index in [1.54, 1.807) is 53.2 Å². The zero-order valence-electron chi connectivity index (χ0n) is 19.9. The molecule has 0 aliphatic heterocycles. The van der Waals surface area contributed by atoms with E-state index in [0.717, 1.165) is 10.6 Å². The van der Waals surface area contributed by atoms with E-state index in [-0.39, 0.29) is 17.4 Å². The maximum Gasteiger partial charge on any atom is 0.272 e. The van der Waals surface area contributed by atoms with Crippen LogP contribution in [0.4, 0.5) is 10.1 Å². The quantitative estimate of drug-likeness (QED) is 0.369. The van der Waals surface area contributed by atoms with E-state index < -0.39 is 10.0 Å². The molecule has 186 valence electrons. The maximum absolute atomic E-state index is 14.5. The van der Waals surface area contributed by atoms with Crippen molar-refractivity contribution in [2.45, 2.75) is 0 Å². The summed E-state index contributed by atoms with van der Waals surface area (Å²) in [7, 11) is -0.688. The normalized spacial score (nSPS) is 12.1. The van der Waals surface area contributed by atoms with Crippen LogP contribution in [-0.2, 0) is 10.0 Å². The molecule has 0 bridgehead atoms. The van der Waals surface area contributed by atoms with Gasteiger partial charge in [-0.3, -0.25) is 18.6 Å². The Kier molecular flexibility index (Phi) is 4.92. The lowest BCUT2D eigenvalue weighted by Gasteiger charge is -2.20. The number of aromatic nitrogens is 5. The number of hydrogen-bond donors (Lipinski definition) is 2. The van der Waals surface area contributed by atoms with Crippen molar-refractivity contribution >= 4 is 60.0 Å². The molecule has 6 rings (SSSR count). The summed E-state index contributed by atoms with van der Waals surface area (Å²) in [5.74, 6) is -0.740. The zero-order chi connectivity index (χ0) is 26.1. The molecule has 37 heavy (non-hydrogen) atoms. The molecule has 6 aromatic rings. The Labute approximate surface area is 209 Å². The van der Waals surface area contributed by atoms with Gasteiger partial charge in [-0.15, -0.1) is 0 Å². The molecule has 0 saturated carbocycles. The van der Waals surface area contributed by atoms with Crippen molar-refractivity contribution in [1.82, 2.24) is 29.9 Å². The number of hydrogen-bond acceptors (Lipinski definition) is 6. The van der Waals surface area contributed by atoms with Gasteiger partial charge in [0.25, 0.3) is 5.91 Å². The lowest BCUT2D eigenvalue weighted by atomic mass is 10.0. The lowest BCUT2D eigenvalue weighted by molar-refractivity contribution is 0.0959. The minimum atomic E-state index is -3.63. The highest BCUT2D eigenvalue weighted by Crippen LogP contribution is 2.36. The predicted octanol–water partition coefficient (Wildman–Crippen LogP) is 3.47. The minimum absolute atomic E-state index is 0.172. The zero-order valence-corrected chi connectivity index (χ0v) is 20.8. The van der Waals surface area contributed by atoms with Crippen LogP contribution < -0.4 is 9.62 Å². The number of nitrogens with one attached hydrogen (secondary N) is 2. The molecule has 0 aliphatic carbocycles.